The summed E-state index contributed by atoms with van der Waals surface area (Å²) >= 11 is 6.48. The molecule has 0 bridgehead atoms. The third-order valence-electron chi connectivity index (χ3n) is 3.07. The summed E-state index contributed by atoms with van der Waals surface area (Å²) in [7, 11) is 1.54. The second-order valence-electron chi connectivity index (χ2n) is 4.50. The Kier molecular flexibility index (Phi) is 4.53. The van der Waals surface area contributed by atoms with E-state index in [1.165, 1.54) is 7.11 Å². The molecule has 0 aliphatic rings. The Bertz CT molecular complexity index is 898. The number of hydrogen-bond donors (Lipinski definition) is 0. The predicted molar refractivity (Wildman–Crippen MR) is 94.8 cm³/mol. The number of pyridine rings is 1. The largest absolute Gasteiger partial charge is 0.495 e. The third kappa shape index (κ3) is 3.18. The fourth-order valence-electron chi connectivity index (χ4n) is 1.99. The Balaban J connectivity index is 2.19. The molecule has 23 heavy (non-hydrogen) atoms. The van der Waals surface area contributed by atoms with Crippen LogP contribution in [0.4, 0.5) is 13.2 Å². The first kappa shape index (κ1) is 16.9. The van der Waals surface area contributed by atoms with Crippen LogP contribution < -0.4 is 4.74 Å². The first-order valence-corrected chi connectivity index (χ1v) is 8.92. The maximum absolute atomic E-state index is 12.7. The van der Waals surface area contributed by atoms with Gasteiger partial charge in [-0.3, -0.25) is 0 Å². The highest BCUT2D eigenvalue weighted by Crippen LogP contribution is 2.37. The summed E-state index contributed by atoms with van der Waals surface area (Å²) in [6.07, 6.45) is -4.46. The van der Waals surface area contributed by atoms with E-state index in [-0.39, 0.29) is 5.01 Å². The molecule has 0 aliphatic carbocycles. The van der Waals surface area contributed by atoms with Crippen molar-refractivity contribution in [1.29, 1.82) is 0 Å². The van der Waals surface area contributed by atoms with Crippen LogP contribution in [0.3, 0.4) is 0 Å². The summed E-state index contributed by atoms with van der Waals surface area (Å²) in [5.41, 5.74) is 0.116. The predicted octanol–water partition coefficient (Wildman–Crippen LogP) is 5.75. The molecule has 0 amide bonds. The van der Waals surface area contributed by atoms with Crippen LogP contribution in [0.1, 0.15) is 5.69 Å². The Morgan fingerprint density at radius 3 is 2.61 bits per heavy atom. The Labute approximate surface area is 155 Å². The lowest BCUT2D eigenvalue weighted by Gasteiger charge is -2.09. The SMILES string of the molecule is COc1ccc2c(I)cc(-c3nc(C(F)(F)F)cs3)nc2c1Br. The molecule has 120 valence electrons. The summed E-state index contributed by atoms with van der Waals surface area (Å²) in [5, 5.41) is 2.11. The van der Waals surface area contributed by atoms with Gasteiger partial charge in [0.2, 0.25) is 0 Å². The van der Waals surface area contributed by atoms with Crippen LogP contribution in [0.15, 0.2) is 28.1 Å². The Morgan fingerprint density at radius 2 is 2.00 bits per heavy atom. The molecule has 0 unspecified atom stereocenters. The topological polar surface area (TPSA) is 35.0 Å². The van der Waals surface area contributed by atoms with Gasteiger partial charge in [-0.25, -0.2) is 9.97 Å². The van der Waals surface area contributed by atoms with Gasteiger partial charge < -0.3 is 4.74 Å². The molecule has 0 saturated carbocycles. The number of aromatic nitrogens is 2. The quantitative estimate of drug-likeness (QED) is 0.408. The first-order chi connectivity index (χ1) is 10.8. The highest BCUT2D eigenvalue weighted by Gasteiger charge is 2.34. The number of nitrogens with zero attached hydrogens (tertiary/aromatic N) is 2. The number of fused-ring (bicyclic) bond motifs is 1. The molecule has 0 atom stereocenters. The van der Waals surface area contributed by atoms with Gasteiger partial charge in [0.05, 0.1) is 17.1 Å². The van der Waals surface area contributed by atoms with Gasteiger partial charge >= 0.3 is 6.18 Å². The molecule has 2 heterocycles. The lowest BCUT2D eigenvalue weighted by molar-refractivity contribution is -0.140. The zero-order valence-corrected chi connectivity index (χ0v) is 16.0. The van der Waals surface area contributed by atoms with Gasteiger partial charge in [0.1, 0.15) is 16.5 Å². The summed E-state index contributed by atoms with van der Waals surface area (Å²) in [6, 6.07) is 5.39. The Hall–Kier alpha value is -0.940. The third-order valence-corrected chi connectivity index (χ3v) is 5.59. The minimum atomic E-state index is -4.46. The van der Waals surface area contributed by atoms with Gasteiger partial charge in [-0.15, -0.1) is 11.3 Å². The Morgan fingerprint density at radius 1 is 1.26 bits per heavy atom. The van der Waals surface area contributed by atoms with E-state index in [1.54, 1.807) is 12.1 Å². The fourth-order valence-corrected chi connectivity index (χ4v) is 4.10. The van der Waals surface area contributed by atoms with E-state index in [0.29, 0.717) is 21.4 Å². The van der Waals surface area contributed by atoms with Crippen molar-refractivity contribution < 1.29 is 17.9 Å². The average Bonchev–Trinajstić information content (AvgIpc) is 2.98. The number of benzene rings is 1. The van der Waals surface area contributed by atoms with E-state index >= 15 is 0 Å². The lowest BCUT2D eigenvalue weighted by Crippen LogP contribution is -2.05. The van der Waals surface area contributed by atoms with E-state index in [2.05, 4.69) is 48.5 Å². The van der Waals surface area contributed by atoms with Gasteiger partial charge in [-0.2, -0.15) is 13.2 Å². The van der Waals surface area contributed by atoms with Crippen LogP contribution >= 0.6 is 49.9 Å². The molecule has 3 rings (SSSR count). The van der Waals surface area contributed by atoms with Crippen LogP contribution in [0.25, 0.3) is 21.6 Å². The van der Waals surface area contributed by atoms with Crippen molar-refractivity contribution in [2.24, 2.45) is 0 Å². The molecule has 0 saturated heterocycles. The molecule has 0 fully saturated rings. The number of ether oxygens (including phenoxy) is 1. The minimum Gasteiger partial charge on any atom is -0.495 e. The molecule has 0 aliphatic heterocycles. The number of thiazole rings is 1. The molecule has 2 aromatic heterocycles. The monoisotopic (exact) mass is 514 g/mol. The molecule has 3 nitrogen and oxygen atoms in total. The number of methoxy groups -OCH3 is 1. The summed E-state index contributed by atoms with van der Waals surface area (Å²) < 4.78 is 44.9. The van der Waals surface area contributed by atoms with E-state index in [1.807, 2.05) is 6.07 Å². The van der Waals surface area contributed by atoms with Gasteiger partial charge in [0, 0.05) is 14.3 Å². The number of halogens is 5. The van der Waals surface area contributed by atoms with Crippen molar-refractivity contribution in [2.45, 2.75) is 6.18 Å². The zero-order chi connectivity index (χ0) is 16.8. The van der Waals surface area contributed by atoms with Gasteiger partial charge in [-0.1, -0.05) is 0 Å². The molecule has 0 spiro atoms. The smallest absolute Gasteiger partial charge is 0.434 e. The normalized spacial score (nSPS) is 11.9. The second kappa shape index (κ2) is 6.17. The van der Waals surface area contributed by atoms with E-state index in [0.717, 1.165) is 25.7 Å². The molecule has 0 radical (unpaired) electrons. The van der Waals surface area contributed by atoms with E-state index in [9.17, 15) is 13.2 Å². The molecular weight excluding hydrogens is 508 g/mol. The summed E-state index contributed by atoms with van der Waals surface area (Å²) in [6.45, 7) is 0. The van der Waals surface area contributed by atoms with Crippen molar-refractivity contribution in [3.63, 3.8) is 0 Å². The summed E-state index contributed by atoms with van der Waals surface area (Å²) in [5.74, 6) is 0.605. The van der Waals surface area contributed by atoms with Crippen molar-refractivity contribution in [3.8, 4) is 16.5 Å². The molecule has 3 aromatic rings. The fraction of sp³-hybridized carbons (Fsp3) is 0.143. The van der Waals surface area contributed by atoms with Crippen LogP contribution in [-0.4, -0.2) is 17.1 Å². The van der Waals surface area contributed by atoms with Crippen molar-refractivity contribution >= 4 is 60.8 Å². The highest BCUT2D eigenvalue weighted by atomic mass is 127. The number of hydrogen-bond acceptors (Lipinski definition) is 4. The van der Waals surface area contributed by atoms with Gasteiger partial charge in [-0.05, 0) is 56.7 Å². The second-order valence-corrected chi connectivity index (χ2v) is 7.32. The maximum atomic E-state index is 12.7. The zero-order valence-electron chi connectivity index (χ0n) is 11.4. The first-order valence-electron chi connectivity index (χ1n) is 6.17. The van der Waals surface area contributed by atoms with E-state index in [4.69, 9.17) is 4.74 Å². The van der Waals surface area contributed by atoms with E-state index < -0.39 is 11.9 Å². The van der Waals surface area contributed by atoms with Crippen LogP contribution in [0, 0.1) is 3.57 Å². The maximum Gasteiger partial charge on any atom is 0.434 e. The molecule has 1 aromatic carbocycles. The van der Waals surface area contributed by atoms with Crippen LogP contribution in [0.5, 0.6) is 5.75 Å². The summed E-state index contributed by atoms with van der Waals surface area (Å²) in [4.78, 5) is 8.11. The molecule has 0 N–H and O–H groups in total. The van der Waals surface area contributed by atoms with Crippen molar-refractivity contribution in [1.82, 2.24) is 9.97 Å². The molecular formula is C14H7BrF3IN2OS. The minimum absolute atomic E-state index is 0.229. The van der Waals surface area contributed by atoms with Crippen LogP contribution in [0.2, 0.25) is 0 Å². The van der Waals surface area contributed by atoms with Gasteiger partial charge in [0.15, 0.2) is 5.69 Å². The lowest BCUT2D eigenvalue weighted by atomic mass is 10.2. The van der Waals surface area contributed by atoms with Crippen molar-refractivity contribution in [2.75, 3.05) is 7.11 Å². The average molecular weight is 515 g/mol. The van der Waals surface area contributed by atoms with Crippen LogP contribution in [-0.2, 0) is 6.18 Å². The molecule has 9 heteroatoms. The van der Waals surface area contributed by atoms with Gasteiger partial charge in [0.25, 0.3) is 0 Å². The highest BCUT2D eigenvalue weighted by molar-refractivity contribution is 14.1. The number of alkyl halides is 3. The standard InChI is InChI=1S/C14H7BrF3IN2OS/c1-22-9-3-2-6-7(19)4-8(20-12(6)11(9)15)13-21-10(5-23-13)14(16,17)18/h2-5H,1H3. The number of rotatable bonds is 2. The van der Waals surface area contributed by atoms with Crippen molar-refractivity contribution in [3.05, 3.63) is 37.3 Å².